The molecule has 0 saturated heterocycles. The molecule has 1 amide bonds. The number of methoxy groups -OCH3 is 1. The highest BCUT2D eigenvalue weighted by Gasteiger charge is 2.22. The van der Waals surface area contributed by atoms with Crippen molar-refractivity contribution in [3.63, 3.8) is 0 Å². The van der Waals surface area contributed by atoms with E-state index < -0.39 is 10.0 Å². The smallest absolute Gasteiger partial charge is 0.263 e. The number of amides is 1. The van der Waals surface area contributed by atoms with Crippen LogP contribution in [0.1, 0.15) is 15.2 Å². The van der Waals surface area contributed by atoms with Crippen LogP contribution in [-0.4, -0.2) is 33.4 Å². The van der Waals surface area contributed by atoms with Crippen molar-refractivity contribution in [2.24, 2.45) is 0 Å². The molecule has 1 aromatic heterocycles. The van der Waals surface area contributed by atoms with Crippen molar-refractivity contribution in [2.45, 2.75) is 11.4 Å². The molecule has 0 fully saturated rings. The summed E-state index contributed by atoms with van der Waals surface area (Å²) in [5.74, 6) is 0.260. The first-order chi connectivity index (χ1) is 14.2. The number of thiophene rings is 1. The Morgan fingerprint density at radius 2 is 1.80 bits per heavy atom. The molecule has 158 valence electrons. The summed E-state index contributed by atoms with van der Waals surface area (Å²) in [5.41, 5.74) is 0.551. The number of carbonyl (C=O) groups is 1. The van der Waals surface area contributed by atoms with Crippen LogP contribution in [-0.2, 0) is 16.6 Å². The number of hydrogen-bond acceptors (Lipinski definition) is 5. The molecule has 1 heterocycles. The number of carbonyl (C=O) groups excluding carboxylic acids is 1. The van der Waals surface area contributed by atoms with Gasteiger partial charge in [0, 0.05) is 23.2 Å². The van der Waals surface area contributed by atoms with Crippen molar-refractivity contribution in [2.75, 3.05) is 18.9 Å². The number of rotatable bonds is 7. The second kappa shape index (κ2) is 9.26. The molecule has 0 aliphatic carbocycles. The number of nitrogens with one attached hydrogen (secondary N) is 1. The predicted octanol–water partition coefficient (Wildman–Crippen LogP) is 5.14. The van der Waals surface area contributed by atoms with Gasteiger partial charge in [-0.05, 0) is 54.6 Å². The SMILES string of the molecule is COc1ccc(NS(=O)(=O)c2cc(C(=O)N(C)Cc3ccc(Cl)s3)ccc2Cl)cc1. The summed E-state index contributed by atoms with van der Waals surface area (Å²) >= 11 is 13.4. The molecule has 0 spiro atoms. The zero-order chi connectivity index (χ0) is 21.9. The molecule has 0 atom stereocenters. The molecule has 3 rings (SSSR count). The van der Waals surface area contributed by atoms with Crippen LogP contribution in [0, 0.1) is 0 Å². The molecule has 2 aromatic carbocycles. The second-order valence-electron chi connectivity index (χ2n) is 6.35. The lowest BCUT2D eigenvalue weighted by atomic mass is 10.2. The Hall–Kier alpha value is -2.26. The maximum Gasteiger partial charge on any atom is 0.263 e. The molecule has 6 nitrogen and oxygen atoms in total. The highest BCUT2D eigenvalue weighted by atomic mass is 35.5. The van der Waals surface area contributed by atoms with Crippen LogP contribution < -0.4 is 9.46 Å². The van der Waals surface area contributed by atoms with Gasteiger partial charge < -0.3 is 9.64 Å². The lowest BCUT2D eigenvalue weighted by molar-refractivity contribution is 0.0786. The monoisotopic (exact) mass is 484 g/mol. The minimum Gasteiger partial charge on any atom is -0.497 e. The summed E-state index contributed by atoms with van der Waals surface area (Å²) in [4.78, 5) is 15.0. The maximum absolute atomic E-state index is 12.9. The van der Waals surface area contributed by atoms with Crippen molar-refractivity contribution in [3.05, 3.63) is 74.4 Å². The average molecular weight is 485 g/mol. The Morgan fingerprint density at radius 3 is 2.40 bits per heavy atom. The van der Waals surface area contributed by atoms with Gasteiger partial charge in [0.05, 0.1) is 23.0 Å². The van der Waals surface area contributed by atoms with Gasteiger partial charge in [-0.25, -0.2) is 8.42 Å². The van der Waals surface area contributed by atoms with E-state index >= 15 is 0 Å². The molecule has 0 aliphatic rings. The normalized spacial score (nSPS) is 11.2. The summed E-state index contributed by atoms with van der Waals surface area (Å²) in [6.07, 6.45) is 0. The Morgan fingerprint density at radius 1 is 1.10 bits per heavy atom. The molecule has 0 saturated carbocycles. The summed E-state index contributed by atoms with van der Waals surface area (Å²) in [6.45, 7) is 0.352. The summed E-state index contributed by atoms with van der Waals surface area (Å²) in [7, 11) is -0.857. The number of halogens is 2. The molecule has 0 unspecified atom stereocenters. The molecule has 10 heteroatoms. The van der Waals surface area contributed by atoms with Gasteiger partial charge in [-0.1, -0.05) is 23.2 Å². The number of hydrogen-bond donors (Lipinski definition) is 1. The highest BCUT2D eigenvalue weighted by Crippen LogP contribution is 2.27. The molecule has 0 bridgehead atoms. The van der Waals surface area contributed by atoms with Crippen LogP contribution >= 0.6 is 34.5 Å². The fourth-order valence-corrected chi connectivity index (χ4v) is 5.40. The predicted molar refractivity (Wildman–Crippen MR) is 120 cm³/mol. The first-order valence-electron chi connectivity index (χ1n) is 8.65. The molecule has 1 N–H and O–H groups in total. The van der Waals surface area contributed by atoms with Gasteiger partial charge in [0.25, 0.3) is 15.9 Å². The van der Waals surface area contributed by atoms with E-state index in [1.165, 1.54) is 41.5 Å². The second-order valence-corrected chi connectivity index (χ2v) is 10.2. The fourth-order valence-electron chi connectivity index (χ4n) is 2.67. The van der Waals surface area contributed by atoms with E-state index in [-0.39, 0.29) is 21.4 Å². The van der Waals surface area contributed by atoms with Crippen molar-refractivity contribution < 1.29 is 17.9 Å². The highest BCUT2D eigenvalue weighted by molar-refractivity contribution is 7.92. The topological polar surface area (TPSA) is 75.7 Å². The van der Waals surface area contributed by atoms with Gasteiger partial charge >= 0.3 is 0 Å². The van der Waals surface area contributed by atoms with Gasteiger partial charge in [0.15, 0.2) is 0 Å². The Labute approximate surface area is 189 Å². The first-order valence-corrected chi connectivity index (χ1v) is 11.7. The Bertz CT molecular complexity index is 1160. The van der Waals surface area contributed by atoms with Crippen molar-refractivity contribution >= 4 is 56.2 Å². The number of ether oxygens (including phenoxy) is 1. The molecule has 30 heavy (non-hydrogen) atoms. The maximum atomic E-state index is 12.9. The standard InChI is InChI=1S/C20H18Cl2N2O4S2/c1-24(12-16-8-10-19(22)29-16)20(25)13-3-9-17(21)18(11-13)30(26,27)23-14-4-6-15(28-2)7-5-14/h3-11,23H,12H2,1-2H3. The first kappa shape index (κ1) is 22.4. The molecular formula is C20H18Cl2N2O4S2. The van der Waals surface area contributed by atoms with Crippen LogP contribution in [0.5, 0.6) is 5.75 Å². The molecule has 3 aromatic rings. The third-order valence-electron chi connectivity index (χ3n) is 4.18. The van der Waals surface area contributed by atoms with Crippen molar-refractivity contribution in [1.29, 1.82) is 0 Å². The van der Waals surface area contributed by atoms with Crippen LogP contribution in [0.25, 0.3) is 0 Å². The van der Waals surface area contributed by atoms with E-state index in [2.05, 4.69) is 4.72 Å². The minimum absolute atomic E-state index is 0.0141. The van der Waals surface area contributed by atoms with E-state index in [0.717, 1.165) is 4.88 Å². The third-order valence-corrected chi connectivity index (χ3v) is 7.26. The van der Waals surface area contributed by atoms with Gasteiger partial charge in [0.1, 0.15) is 10.6 Å². The van der Waals surface area contributed by atoms with Crippen LogP contribution in [0.15, 0.2) is 59.5 Å². The number of nitrogens with zero attached hydrogens (tertiary/aromatic N) is 1. The summed E-state index contributed by atoms with van der Waals surface area (Å²) in [5, 5.41) is 0.0141. The quantitative estimate of drug-likeness (QED) is 0.503. The third kappa shape index (κ3) is 5.26. The lowest BCUT2D eigenvalue weighted by Crippen LogP contribution is -2.26. The zero-order valence-corrected chi connectivity index (χ0v) is 19.2. The summed E-state index contributed by atoms with van der Waals surface area (Å²) < 4.78 is 33.9. The van der Waals surface area contributed by atoms with Crippen LogP contribution in [0.3, 0.4) is 0 Å². The fraction of sp³-hybridized carbons (Fsp3) is 0.150. The van der Waals surface area contributed by atoms with Gasteiger partial charge in [-0.3, -0.25) is 9.52 Å². The number of sulfonamides is 1. The Kier molecular flexibility index (Phi) is 6.92. The van der Waals surface area contributed by atoms with E-state index in [4.69, 9.17) is 27.9 Å². The average Bonchev–Trinajstić information content (AvgIpc) is 3.12. The van der Waals surface area contributed by atoms with Gasteiger partial charge in [0.2, 0.25) is 0 Å². The molecule has 0 aliphatic heterocycles. The largest absolute Gasteiger partial charge is 0.497 e. The minimum atomic E-state index is -4.01. The van der Waals surface area contributed by atoms with E-state index in [1.54, 1.807) is 37.4 Å². The number of anilines is 1. The lowest BCUT2D eigenvalue weighted by Gasteiger charge is -2.17. The zero-order valence-electron chi connectivity index (χ0n) is 16.1. The molecule has 0 radical (unpaired) electrons. The van der Waals surface area contributed by atoms with Crippen molar-refractivity contribution in [1.82, 2.24) is 4.90 Å². The molecular weight excluding hydrogens is 467 g/mol. The van der Waals surface area contributed by atoms with Crippen LogP contribution in [0.2, 0.25) is 9.36 Å². The van der Waals surface area contributed by atoms with Gasteiger partial charge in [-0.2, -0.15) is 0 Å². The van der Waals surface area contributed by atoms with Crippen molar-refractivity contribution in [3.8, 4) is 5.75 Å². The Balaban J connectivity index is 1.83. The summed E-state index contributed by atoms with van der Waals surface area (Å²) in [6, 6.07) is 14.2. The van der Waals surface area contributed by atoms with Gasteiger partial charge in [-0.15, -0.1) is 11.3 Å². The van der Waals surface area contributed by atoms with E-state index in [0.29, 0.717) is 22.3 Å². The van der Waals surface area contributed by atoms with E-state index in [9.17, 15) is 13.2 Å². The number of benzene rings is 2. The van der Waals surface area contributed by atoms with Crippen LogP contribution in [0.4, 0.5) is 5.69 Å². The van der Waals surface area contributed by atoms with E-state index in [1.807, 2.05) is 6.07 Å².